The Kier molecular flexibility index (Phi) is 3.00. The van der Waals surface area contributed by atoms with E-state index in [0.29, 0.717) is 17.0 Å². The molecule has 0 bridgehead atoms. The number of aromatic amines is 1. The quantitative estimate of drug-likeness (QED) is 0.902. The minimum absolute atomic E-state index is 0.0353. The van der Waals surface area contributed by atoms with Gasteiger partial charge in [-0.3, -0.25) is 4.79 Å². The Balaban J connectivity index is 2.03. The van der Waals surface area contributed by atoms with Gasteiger partial charge in [-0.15, -0.1) is 10.2 Å². The highest BCUT2D eigenvalue weighted by Gasteiger charge is 2.17. The van der Waals surface area contributed by atoms with Crippen LogP contribution in [0.5, 0.6) is 0 Å². The summed E-state index contributed by atoms with van der Waals surface area (Å²) >= 11 is 3.19. The second kappa shape index (κ2) is 4.44. The molecule has 0 aliphatic carbocycles. The van der Waals surface area contributed by atoms with Crippen molar-refractivity contribution in [3.05, 3.63) is 28.4 Å². The summed E-state index contributed by atoms with van der Waals surface area (Å²) in [6.07, 6.45) is 0. The minimum Gasteiger partial charge on any atom is -0.452 e. The molecule has 0 aliphatic rings. The van der Waals surface area contributed by atoms with Crippen LogP contribution in [0.3, 0.4) is 0 Å². The average molecular weight is 286 g/mol. The molecule has 0 spiro atoms. The normalized spacial score (nSPS) is 10.4. The summed E-state index contributed by atoms with van der Waals surface area (Å²) in [5.74, 6) is 0.389. The Labute approximate surface area is 98.9 Å². The molecule has 7 nitrogen and oxygen atoms in total. The van der Waals surface area contributed by atoms with Gasteiger partial charge in [0.1, 0.15) is 5.76 Å². The number of furan rings is 1. The summed E-state index contributed by atoms with van der Waals surface area (Å²) in [4.78, 5) is 13.1. The number of aromatic nitrogens is 4. The smallest absolute Gasteiger partial charge is 0.295 e. The van der Waals surface area contributed by atoms with Gasteiger partial charge in [-0.2, -0.15) is 5.21 Å². The summed E-state index contributed by atoms with van der Waals surface area (Å²) < 4.78 is 5.91. The third-order valence-corrected chi connectivity index (χ3v) is 2.33. The van der Waals surface area contributed by atoms with Crippen molar-refractivity contribution >= 4 is 21.8 Å². The molecular weight excluding hydrogens is 278 g/mol. The van der Waals surface area contributed by atoms with Crippen LogP contribution in [0.2, 0.25) is 0 Å². The molecule has 0 saturated carbocycles. The number of H-pyrrole nitrogens is 1. The lowest BCUT2D eigenvalue weighted by Gasteiger charge is -2.12. The summed E-state index contributed by atoms with van der Waals surface area (Å²) in [7, 11) is 1.63. The third-order valence-electron chi connectivity index (χ3n) is 1.91. The van der Waals surface area contributed by atoms with Gasteiger partial charge in [-0.05, 0) is 33.3 Å². The Morgan fingerprint density at radius 2 is 2.44 bits per heavy atom. The summed E-state index contributed by atoms with van der Waals surface area (Å²) in [6.45, 7) is 0.346. The van der Waals surface area contributed by atoms with Crippen LogP contribution < -0.4 is 0 Å². The van der Waals surface area contributed by atoms with Crippen LogP contribution in [0.1, 0.15) is 16.4 Å². The van der Waals surface area contributed by atoms with Gasteiger partial charge in [0.05, 0.1) is 6.54 Å². The Hall–Kier alpha value is -1.70. The van der Waals surface area contributed by atoms with Crippen LogP contribution in [0.4, 0.5) is 0 Å². The predicted octanol–water partition coefficient (Wildman–Crippen LogP) is 0.827. The molecule has 2 rings (SSSR count). The van der Waals surface area contributed by atoms with E-state index >= 15 is 0 Å². The number of halogens is 1. The molecular formula is C8H8BrN5O2. The van der Waals surface area contributed by atoms with E-state index in [2.05, 4.69) is 36.6 Å². The molecule has 0 radical (unpaired) electrons. The molecule has 2 heterocycles. The molecule has 0 saturated heterocycles. The van der Waals surface area contributed by atoms with Crippen molar-refractivity contribution in [2.75, 3.05) is 7.05 Å². The van der Waals surface area contributed by atoms with Gasteiger partial charge in [0.25, 0.3) is 11.7 Å². The van der Waals surface area contributed by atoms with Gasteiger partial charge in [-0.1, -0.05) is 0 Å². The summed E-state index contributed by atoms with van der Waals surface area (Å²) in [5.41, 5.74) is 0. The van der Waals surface area contributed by atoms with Crippen molar-refractivity contribution in [3.8, 4) is 0 Å². The molecule has 2 aromatic heterocycles. The molecule has 16 heavy (non-hydrogen) atoms. The molecule has 0 unspecified atom stereocenters. The first-order valence-corrected chi connectivity index (χ1v) is 5.19. The van der Waals surface area contributed by atoms with Crippen LogP contribution in [0.25, 0.3) is 0 Å². The van der Waals surface area contributed by atoms with Crippen LogP contribution in [0.15, 0.2) is 21.2 Å². The summed E-state index contributed by atoms with van der Waals surface area (Å²) in [6, 6.07) is 3.55. The second-order valence-corrected chi connectivity index (χ2v) is 3.88. The number of tetrazole rings is 1. The predicted molar refractivity (Wildman–Crippen MR) is 56.4 cm³/mol. The molecule has 2 aromatic rings. The van der Waals surface area contributed by atoms with E-state index in [0.717, 1.165) is 0 Å². The van der Waals surface area contributed by atoms with E-state index in [4.69, 9.17) is 4.42 Å². The van der Waals surface area contributed by atoms with Crippen molar-refractivity contribution in [3.63, 3.8) is 0 Å². The average Bonchev–Trinajstić information content (AvgIpc) is 2.88. The van der Waals surface area contributed by atoms with E-state index in [1.165, 1.54) is 4.90 Å². The minimum atomic E-state index is -0.318. The van der Waals surface area contributed by atoms with Crippen LogP contribution in [-0.2, 0) is 6.54 Å². The lowest BCUT2D eigenvalue weighted by atomic mass is 10.4. The van der Waals surface area contributed by atoms with Crippen molar-refractivity contribution in [1.29, 1.82) is 0 Å². The fourth-order valence-corrected chi connectivity index (χ4v) is 1.51. The molecule has 1 N–H and O–H groups in total. The largest absolute Gasteiger partial charge is 0.452 e. The zero-order valence-corrected chi connectivity index (χ0v) is 9.93. The Morgan fingerprint density at radius 1 is 1.62 bits per heavy atom. The topological polar surface area (TPSA) is 87.9 Å². The van der Waals surface area contributed by atoms with Crippen molar-refractivity contribution in [1.82, 2.24) is 25.5 Å². The van der Waals surface area contributed by atoms with Gasteiger partial charge in [0.2, 0.25) is 0 Å². The zero-order chi connectivity index (χ0) is 11.5. The number of carbonyl (C=O) groups is 1. The number of carbonyl (C=O) groups excluding carboxylic acids is 1. The molecule has 0 atom stereocenters. The van der Waals surface area contributed by atoms with Gasteiger partial charge in [0, 0.05) is 7.05 Å². The maximum absolute atomic E-state index is 11.7. The van der Waals surface area contributed by atoms with Crippen molar-refractivity contribution < 1.29 is 9.21 Å². The maximum atomic E-state index is 11.7. The fourth-order valence-electron chi connectivity index (χ4n) is 1.17. The van der Waals surface area contributed by atoms with E-state index < -0.39 is 0 Å². The molecule has 0 aromatic carbocycles. The molecule has 8 heteroatoms. The lowest BCUT2D eigenvalue weighted by molar-refractivity contribution is 0.0763. The SMILES string of the molecule is CN(Cc1ccc(Br)o1)C(=O)c1nn[nH]n1. The number of rotatable bonds is 3. The first-order chi connectivity index (χ1) is 7.66. The van der Waals surface area contributed by atoms with Gasteiger partial charge < -0.3 is 9.32 Å². The number of nitrogens with one attached hydrogen (secondary N) is 1. The lowest BCUT2D eigenvalue weighted by Crippen LogP contribution is -2.27. The van der Waals surface area contributed by atoms with Crippen molar-refractivity contribution in [2.45, 2.75) is 6.54 Å². The van der Waals surface area contributed by atoms with Gasteiger partial charge in [-0.25, -0.2) is 0 Å². The first-order valence-electron chi connectivity index (χ1n) is 4.40. The highest BCUT2D eigenvalue weighted by molar-refractivity contribution is 9.10. The molecule has 1 amide bonds. The highest BCUT2D eigenvalue weighted by Crippen LogP contribution is 2.15. The first kappa shape index (κ1) is 10.8. The van der Waals surface area contributed by atoms with Crippen LogP contribution in [-0.4, -0.2) is 38.5 Å². The van der Waals surface area contributed by atoms with Gasteiger partial charge in [0.15, 0.2) is 4.67 Å². The van der Waals surface area contributed by atoms with Crippen molar-refractivity contribution in [2.24, 2.45) is 0 Å². The van der Waals surface area contributed by atoms with E-state index in [9.17, 15) is 4.79 Å². The Bertz CT molecular complexity index is 480. The standard InChI is InChI=1S/C8H8BrN5O2/c1-14(4-5-2-3-6(9)16-5)8(15)7-10-12-13-11-7/h2-3H,4H2,1H3,(H,10,11,12,13). The number of nitrogens with zero attached hydrogens (tertiary/aromatic N) is 4. The number of hydrogen-bond donors (Lipinski definition) is 1. The van der Waals surface area contributed by atoms with Crippen LogP contribution >= 0.6 is 15.9 Å². The van der Waals surface area contributed by atoms with E-state index in [-0.39, 0.29) is 11.7 Å². The fraction of sp³-hybridized carbons (Fsp3) is 0.250. The molecule has 84 valence electrons. The van der Waals surface area contributed by atoms with E-state index in [1.54, 1.807) is 19.2 Å². The van der Waals surface area contributed by atoms with Gasteiger partial charge >= 0.3 is 0 Å². The van der Waals surface area contributed by atoms with E-state index in [1.807, 2.05) is 0 Å². The molecule has 0 fully saturated rings. The molecule has 0 aliphatic heterocycles. The monoisotopic (exact) mass is 285 g/mol. The maximum Gasteiger partial charge on any atom is 0.295 e. The number of hydrogen-bond acceptors (Lipinski definition) is 5. The van der Waals surface area contributed by atoms with Crippen LogP contribution in [0, 0.1) is 0 Å². The number of amides is 1. The Morgan fingerprint density at radius 3 is 3.00 bits per heavy atom. The third kappa shape index (κ3) is 2.27. The second-order valence-electron chi connectivity index (χ2n) is 3.10. The zero-order valence-electron chi connectivity index (χ0n) is 8.35. The highest BCUT2D eigenvalue weighted by atomic mass is 79.9. The summed E-state index contributed by atoms with van der Waals surface area (Å²) in [5, 5.41) is 12.8.